The maximum atomic E-state index is 12.1. The topological polar surface area (TPSA) is 56.8 Å². The van der Waals surface area contributed by atoms with Crippen LogP contribution in [0.15, 0.2) is 40.9 Å². The minimum absolute atomic E-state index is 0.0596. The molecule has 5 nitrogen and oxygen atoms in total. The van der Waals surface area contributed by atoms with Gasteiger partial charge in [-0.15, -0.1) is 0 Å². The number of halogens is 1. The van der Waals surface area contributed by atoms with Crippen molar-refractivity contribution in [2.75, 3.05) is 12.4 Å². The summed E-state index contributed by atoms with van der Waals surface area (Å²) in [6.45, 7) is 4.00. The van der Waals surface area contributed by atoms with Crippen LogP contribution in [0.1, 0.15) is 25.0 Å². The van der Waals surface area contributed by atoms with Crippen molar-refractivity contribution in [2.24, 2.45) is 0 Å². The monoisotopic (exact) mass is 391 g/mol. The van der Waals surface area contributed by atoms with Crippen molar-refractivity contribution in [3.05, 3.63) is 52.0 Å². The van der Waals surface area contributed by atoms with Crippen molar-refractivity contribution < 1.29 is 19.3 Å². The first-order valence-electron chi connectivity index (χ1n) is 7.49. The zero-order valence-corrected chi connectivity index (χ0v) is 15.3. The number of benzene rings is 2. The number of nitrogens with one attached hydrogen (secondary N) is 1. The summed E-state index contributed by atoms with van der Waals surface area (Å²) in [7, 11) is 1.62. The van der Waals surface area contributed by atoms with Crippen LogP contribution in [-0.2, 0) is 21.7 Å². The predicted molar refractivity (Wildman–Crippen MR) is 94.2 cm³/mol. The molecule has 0 radical (unpaired) electrons. The molecular formula is C18H18BrNO4. The average Bonchev–Trinajstić information content (AvgIpc) is 2.77. The van der Waals surface area contributed by atoms with Crippen LogP contribution in [0.5, 0.6) is 11.5 Å². The molecule has 1 aliphatic rings. The Hall–Kier alpha value is -2.05. The number of hydrogen-bond donors (Lipinski definition) is 1. The highest BCUT2D eigenvalue weighted by Crippen LogP contribution is 2.45. The molecule has 1 heterocycles. The van der Waals surface area contributed by atoms with E-state index in [1.807, 2.05) is 44.2 Å². The first kappa shape index (κ1) is 16.8. The summed E-state index contributed by atoms with van der Waals surface area (Å²) < 4.78 is 5.93. The SMILES string of the molecule is COc1ccc(COOc2cc(Br)cc3c2C(C)(C)C(=O)N3)cc1. The summed E-state index contributed by atoms with van der Waals surface area (Å²) in [5, 5.41) is 2.87. The van der Waals surface area contributed by atoms with Gasteiger partial charge in [-0.05, 0) is 43.7 Å². The van der Waals surface area contributed by atoms with Crippen LogP contribution in [0.25, 0.3) is 0 Å². The molecule has 0 fully saturated rings. The van der Waals surface area contributed by atoms with E-state index in [4.69, 9.17) is 14.5 Å². The number of rotatable bonds is 5. The molecule has 0 bridgehead atoms. The molecule has 0 atom stereocenters. The van der Waals surface area contributed by atoms with Gasteiger partial charge in [0.2, 0.25) is 5.91 Å². The van der Waals surface area contributed by atoms with Crippen molar-refractivity contribution in [3.8, 4) is 11.5 Å². The van der Waals surface area contributed by atoms with Crippen LogP contribution >= 0.6 is 15.9 Å². The molecule has 6 heteroatoms. The highest BCUT2D eigenvalue weighted by Gasteiger charge is 2.41. The number of anilines is 1. The third-order valence-electron chi connectivity index (χ3n) is 4.04. The molecule has 0 aliphatic carbocycles. The fourth-order valence-corrected chi connectivity index (χ4v) is 3.10. The number of amides is 1. The standard InChI is InChI=1S/C18H18BrNO4/c1-18(2)16-14(20-17(18)21)8-12(19)9-15(16)24-23-10-11-4-6-13(22-3)7-5-11/h4-9H,10H2,1-3H3,(H,20,21). The molecule has 0 spiro atoms. The van der Waals surface area contributed by atoms with E-state index in [-0.39, 0.29) is 12.5 Å². The lowest BCUT2D eigenvalue weighted by Crippen LogP contribution is -2.27. The second-order valence-corrected chi connectivity index (χ2v) is 7.01. The molecule has 3 rings (SSSR count). The van der Waals surface area contributed by atoms with Crippen molar-refractivity contribution >= 4 is 27.5 Å². The Morgan fingerprint density at radius 3 is 2.54 bits per heavy atom. The normalized spacial score (nSPS) is 14.9. The summed E-state index contributed by atoms with van der Waals surface area (Å²) in [5.74, 6) is 1.25. The van der Waals surface area contributed by atoms with Gasteiger partial charge in [0.25, 0.3) is 0 Å². The highest BCUT2D eigenvalue weighted by molar-refractivity contribution is 9.10. The molecule has 126 valence electrons. The fraction of sp³-hybridized carbons (Fsp3) is 0.278. The van der Waals surface area contributed by atoms with E-state index in [2.05, 4.69) is 21.2 Å². The van der Waals surface area contributed by atoms with E-state index in [0.717, 1.165) is 27.0 Å². The molecule has 24 heavy (non-hydrogen) atoms. The van der Waals surface area contributed by atoms with Gasteiger partial charge in [0, 0.05) is 15.7 Å². The maximum Gasteiger partial charge on any atom is 0.234 e. The molecular weight excluding hydrogens is 374 g/mol. The Labute approximate surface area is 149 Å². The van der Waals surface area contributed by atoms with Gasteiger partial charge in [0.1, 0.15) is 12.4 Å². The quantitative estimate of drug-likeness (QED) is 0.612. The van der Waals surface area contributed by atoms with Gasteiger partial charge in [-0.1, -0.05) is 28.1 Å². The van der Waals surface area contributed by atoms with Crippen LogP contribution in [0.4, 0.5) is 5.69 Å². The lowest BCUT2D eigenvalue weighted by molar-refractivity contribution is -0.218. The molecule has 2 aromatic carbocycles. The van der Waals surface area contributed by atoms with Crippen molar-refractivity contribution in [1.82, 2.24) is 0 Å². The minimum Gasteiger partial charge on any atom is -0.497 e. The van der Waals surface area contributed by atoms with Gasteiger partial charge in [-0.3, -0.25) is 4.79 Å². The van der Waals surface area contributed by atoms with E-state index < -0.39 is 5.41 Å². The number of carbonyl (C=O) groups excluding carboxylic acids is 1. The molecule has 0 saturated carbocycles. The third kappa shape index (κ3) is 3.12. The number of hydrogen-bond acceptors (Lipinski definition) is 4. The summed E-state index contributed by atoms with van der Waals surface area (Å²) in [6.07, 6.45) is 0. The number of fused-ring (bicyclic) bond motifs is 1. The second-order valence-electron chi connectivity index (χ2n) is 6.10. The van der Waals surface area contributed by atoms with Gasteiger partial charge in [-0.25, -0.2) is 0 Å². The summed E-state index contributed by atoms with van der Waals surface area (Å²) >= 11 is 3.43. The number of carbonyl (C=O) groups is 1. The minimum atomic E-state index is -0.672. The van der Waals surface area contributed by atoms with Gasteiger partial charge >= 0.3 is 0 Å². The van der Waals surface area contributed by atoms with Crippen LogP contribution in [0.2, 0.25) is 0 Å². The second kappa shape index (κ2) is 6.45. The molecule has 0 saturated heterocycles. The first-order valence-corrected chi connectivity index (χ1v) is 8.29. The van der Waals surface area contributed by atoms with Crippen LogP contribution < -0.4 is 14.9 Å². The van der Waals surface area contributed by atoms with Crippen molar-refractivity contribution in [3.63, 3.8) is 0 Å². The van der Waals surface area contributed by atoms with Gasteiger partial charge in [0.15, 0.2) is 5.75 Å². The zero-order valence-electron chi connectivity index (χ0n) is 13.7. The van der Waals surface area contributed by atoms with E-state index in [9.17, 15) is 4.79 Å². The van der Waals surface area contributed by atoms with Gasteiger partial charge < -0.3 is 14.9 Å². The Morgan fingerprint density at radius 1 is 1.17 bits per heavy atom. The molecule has 1 N–H and O–H groups in total. The predicted octanol–water partition coefficient (Wildman–Crippen LogP) is 4.20. The lowest BCUT2D eigenvalue weighted by Gasteiger charge is -2.18. The summed E-state index contributed by atoms with van der Waals surface area (Å²) in [5.41, 5.74) is 1.82. The van der Waals surface area contributed by atoms with E-state index >= 15 is 0 Å². The number of methoxy groups -OCH3 is 1. The Kier molecular flexibility index (Phi) is 4.51. The Balaban J connectivity index is 1.75. The van der Waals surface area contributed by atoms with E-state index in [0.29, 0.717) is 5.75 Å². The lowest BCUT2D eigenvalue weighted by atomic mass is 9.85. The van der Waals surface area contributed by atoms with Crippen LogP contribution in [0, 0.1) is 0 Å². The van der Waals surface area contributed by atoms with E-state index in [1.165, 1.54) is 0 Å². The molecule has 0 unspecified atom stereocenters. The van der Waals surface area contributed by atoms with Gasteiger partial charge in [0.05, 0.1) is 12.5 Å². The molecule has 1 amide bonds. The molecule has 1 aliphatic heterocycles. The van der Waals surface area contributed by atoms with Crippen LogP contribution in [0.3, 0.4) is 0 Å². The first-order chi connectivity index (χ1) is 11.4. The summed E-state index contributed by atoms with van der Waals surface area (Å²) in [4.78, 5) is 23.0. The Morgan fingerprint density at radius 2 is 1.88 bits per heavy atom. The van der Waals surface area contributed by atoms with Gasteiger partial charge in [-0.2, -0.15) is 4.89 Å². The van der Waals surface area contributed by atoms with Crippen molar-refractivity contribution in [2.45, 2.75) is 25.9 Å². The number of ether oxygens (including phenoxy) is 1. The Bertz CT molecular complexity index is 771. The largest absolute Gasteiger partial charge is 0.497 e. The summed E-state index contributed by atoms with van der Waals surface area (Å²) in [6, 6.07) is 11.2. The highest BCUT2D eigenvalue weighted by atomic mass is 79.9. The average molecular weight is 392 g/mol. The molecule has 2 aromatic rings. The fourth-order valence-electron chi connectivity index (χ4n) is 2.67. The molecule has 0 aromatic heterocycles. The van der Waals surface area contributed by atoms with Crippen molar-refractivity contribution in [1.29, 1.82) is 0 Å². The van der Waals surface area contributed by atoms with E-state index in [1.54, 1.807) is 13.2 Å². The third-order valence-corrected chi connectivity index (χ3v) is 4.50. The zero-order chi connectivity index (χ0) is 17.3. The smallest absolute Gasteiger partial charge is 0.234 e. The van der Waals surface area contributed by atoms with Crippen LogP contribution in [-0.4, -0.2) is 13.0 Å². The maximum absolute atomic E-state index is 12.1.